The van der Waals surface area contributed by atoms with Crippen molar-refractivity contribution < 1.29 is 13.2 Å². The first-order valence-corrected chi connectivity index (χ1v) is 9.16. The molecule has 1 aliphatic heterocycles. The van der Waals surface area contributed by atoms with Crippen molar-refractivity contribution in [3.8, 4) is 0 Å². The van der Waals surface area contributed by atoms with Crippen molar-refractivity contribution in [1.29, 1.82) is 0 Å². The summed E-state index contributed by atoms with van der Waals surface area (Å²) < 4.78 is 33.4. The van der Waals surface area contributed by atoms with Gasteiger partial charge in [-0.05, 0) is 25.1 Å². The molecule has 5 nitrogen and oxygen atoms in total. The monoisotopic (exact) mass is 318 g/mol. The zero-order chi connectivity index (χ0) is 14.8. The third-order valence-electron chi connectivity index (χ3n) is 3.65. The van der Waals surface area contributed by atoms with Crippen LogP contribution >= 0.6 is 11.3 Å². The van der Waals surface area contributed by atoms with Crippen LogP contribution in [0.25, 0.3) is 0 Å². The van der Waals surface area contributed by atoms with Gasteiger partial charge in [-0.2, -0.15) is 0 Å². The van der Waals surface area contributed by atoms with Crippen LogP contribution in [0, 0.1) is 0 Å². The molecule has 0 bridgehead atoms. The summed E-state index contributed by atoms with van der Waals surface area (Å²) in [6, 6.07) is 3.37. The summed E-state index contributed by atoms with van der Waals surface area (Å²) in [5, 5.41) is 0. The third-order valence-corrected chi connectivity index (χ3v) is 6.86. The van der Waals surface area contributed by atoms with Gasteiger partial charge in [0.25, 0.3) is 0 Å². The minimum absolute atomic E-state index is 0.0877. The molecular weight excluding hydrogens is 296 g/mol. The third kappa shape index (κ3) is 3.40. The average molecular weight is 318 g/mol. The number of hydrogen-bond acceptors (Lipinski definition) is 5. The highest BCUT2D eigenvalue weighted by molar-refractivity contribution is 7.91. The standard InChI is InChI=1S/C13H22N2O3S2/c1-4-10-6-7-13(19-10)20(16,17)14-11-8-15(5-2)9-12(11)18-3/h6-7,11-12,14H,4-5,8-9H2,1-3H3/t11-,12-/m0/s1. The van der Waals surface area contributed by atoms with Crippen LogP contribution in [0.4, 0.5) is 0 Å². The molecule has 1 fully saturated rings. The van der Waals surface area contributed by atoms with Gasteiger partial charge in [0.1, 0.15) is 4.21 Å². The van der Waals surface area contributed by atoms with E-state index in [1.165, 1.54) is 11.3 Å². The normalized spacial score (nSPS) is 24.4. The molecule has 0 spiro atoms. The zero-order valence-corrected chi connectivity index (χ0v) is 13.8. The molecule has 1 aromatic heterocycles. The molecule has 2 atom stereocenters. The molecule has 1 N–H and O–H groups in total. The van der Waals surface area contributed by atoms with Gasteiger partial charge in [0, 0.05) is 25.1 Å². The van der Waals surface area contributed by atoms with E-state index in [9.17, 15) is 8.42 Å². The summed E-state index contributed by atoms with van der Waals surface area (Å²) in [6.45, 7) is 6.45. The van der Waals surface area contributed by atoms with Gasteiger partial charge < -0.3 is 4.74 Å². The molecule has 20 heavy (non-hydrogen) atoms. The second kappa shape index (κ2) is 6.53. The van der Waals surface area contributed by atoms with E-state index in [0.717, 1.165) is 24.4 Å². The lowest BCUT2D eigenvalue weighted by molar-refractivity contribution is 0.0954. The zero-order valence-electron chi connectivity index (χ0n) is 12.1. The number of nitrogens with zero attached hydrogens (tertiary/aromatic N) is 1. The Balaban J connectivity index is 2.11. The van der Waals surface area contributed by atoms with Crippen molar-refractivity contribution in [2.24, 2.45) is 0 Å². The molecule has 1 aliphatic rings. The predicted octanol–water partition coefficient (Wildman–Crippen LogP) is 1.31. The first kappa shape index (κ1) is 15.9. The number of ether oxygens (including phenoxy) is 1. The fourth-order valence-electron chi connectivity index (χ4n) is 2.41. The van der Waals surface area contributed by atoms with Gasteiger partial charge in [0.2, 0.25) is 10.0 Å². The van der Waals surface area contributed by atoms with Crippen LogP contribution < -0.4 is 4.72 Å². The first-order valence-electron chi connectivity index (χ1n) is 6.86. The number of methoxy groups -OCH3 is 1. The number of nitrogens with one attached hydrogen (secondary N) is 1. The molecule has 2 rings (SSSR count). The molecule has 0 aliphatic carbocycles. The Kier molecular flexibility index (Phi) is 5.19. The molecule has 0 saturated carbocycles. The Morgan fingerprint density at radius 2 is 2.15 bits per heavy atom. The number of aryl methyl sites for hydroxylation is 1. The number of rotatable bonds is 6. The van der Waals surface area contributed by atoms with Crippen LogP contribution in [-0.2, 0) is 21.2 Å². The maximum absolute atomic E-state index is 12.4. The molecule has 0 radical (unpaired) electrons. The summed E-state index contributed by atoms with van der Waals surface area (Å²) in [7, 11) is -1.82. The lowest BCUT2D eigenvalue weighted by Crippen LogP contribution is -2.43. The highest BCUT2D eigenvalue weighted by atomic mass is 32.2. The Bertz CT molecular complexity index is 542. The molecule has 1 saturated heterocycles. The maximum atomic E-state index is 12.4. The van der Waals surface area contributed by atoms with Gasteiger partial charge in [-0.25, -0.2) is 13.1 Å². The van der Waals surface area contributed by atoms with Gasteiger partial charge in [0.15, 0.2) is 0 Å². The van der Waals surface area contributed by atoms with Crippen LogP contribution in [0.2, 0.25) is 0 Å². The molecule has 7 heteroatoms. The Hall–Kier alpha value is -0.470. The van der Waals surface area contributed by atoms with Gasteiger partial charge in [-0.3, -0.25) is 4.90 Å². The van der Waals surface area contributed by atoms with E-state index < -0.39 is 10.0 Å². The molecule has 2 heterocycles. The lowest BCUT2D eigenvalue weighted by atomic mass is 10.2. The van der Waals surface area contributed by atoms with Crippen LogP contribution in [0.1, 0.15) is 18.7 Å². The van der Waals surface area contributed by atoms with Crippen molar-refractivity contribution >= 4 is 21.4 Å². The van der Waals surface area contributed by atoms with Crippen molar-refractivity contribution in [2.75, 3.05) is 26.7 Å². The topological polar surface area (TPSA) is 58.6 Å². The predicted molar refractivity (Wildman–Crippen MR) is 80.7 cm³/mol. The number of likely N-dealkylation sites (N-methyl/N-ethyl adjacent to an activating group) is 1. The van der Waals surface area contributed by atoms with Crippen LogP contribution in [-0.4, -0.2) is 52.2 Å². The lowest BCUT2D eigenvalue weighted by Gasteiger charge is -2.17. The largest absolute Gasteiger partial charge is 0.378 e. The van der Waals surface area contributed by atoms with Gasteiger partial charge in [-0.1, -0.05) is 13.8 Å². The van der Waals surface area contributed by atoms with E-state index in [4.69, 9.17) is 4.74 Å². The highest BCUT2D eigenvalue weighted by Gasteiger charge is 2.35. The fraction of sp³-hybridized carbons (Fsp3) is 0.692. The fourth-order valence-corrected chi connectivity index (χ4v) is 4.98. The second-order valence-corrected chi connectivity index (χ2v) is 8.04. The van der Waals surface area contributed by atoms with E-state index in [1.54, 1.807) is 13.2 Å². The average Bonchev–Trinajstić information content (AvgIpc) is 3.04. The molecule has 114 valence electrons. The number of likely N-dealkylation sites (tertiary alicyclic amines) is 1. The van der Waals surface area contributed by atoms with Crippen LogP contribution in [0.15, 0.2) is 16.3 Å². The summed E-state index contributed by atoms with van der Waals surface area (Å²) in [5.41, 5.74) is 0. The van der Waals surface area contributed by atoms with Gasteiger partial charge in [0.05, 0.1) is 12.1 Å². The van der Waals surface area contributed by atoms with E-state index in [0.29, 0.717) is 10.8 Å². The quantitative estimate of drug-likeness (QED) is 0.859. The minimum atomic E-state index is -3.45. The molecule has 0 amide bonds. The SMILES string of the molecule is CCc1ccc(S(=O)(=O)N[C@H]2CN(CC)C[C@@H]2OC)s1. The van der Waals surface area contributed by atoms with Crippen molar-refractivity contribution in [2.45, 2.75) is 36.6 Å². The van der Waals surface area contributed by atoms with Crippen LogP contribution in [0.5, 0.6) is 0 Å². The number of sulfonamides is 1. The maximum Gasteiger partial charge on any atom is 0.250 e. The smallest absolute Gasteiger partial charge is 0.250 e. The van der Waals surface area contributed by atoms with Crippen LogP contribution in [0.3, 0.4) is 0 Å². The van der Waals surface area contributed by atoms with E-state index in [2.05, 4.69) is 16.5 Å². The Labute approximate surface area is 125 Å². The van der Waals surface area contributed by atoms with Crippen molar-refractivity contribution in [3.05, 3.63) is 17.0 Å². The van der Waals surface area contributed by atoms with Crippen molar-refractivity contribution in [1.82, 2.24) is 9.62 Å². The summed E-state index contributed by atoms with van der Waals surface area (Å²) in [6.07, 6.45) is 0.767. The second-order valence-electron chi connectivity index (χ2n) is 4.93. The first-order chi connectivity index (χ1) is 9.50. The summed E-state index contributed by atoms with van der Waals surface area (Å²) >= 11 is 1.33. The minimum Gasteiger partial charge on any atom is -0.378 e. The summed E-state index contributed by atoms with van der Waals surface area (Å²) in [5.74, 6) is 0. The van der Waals surface area contributed by atoms with E-state index >= 15 is 0 Å². The number of thiophene rings is 1. The molecule has 0 aromatic carbocycles. The van der Waals surface area contributed by atoms with Crippen molar-refractivity contribution in [3.63, 3.8) is 0 Å². The highest BCUT2D eigenvalue weighted by Crippen LogP contribution is 2.23. The van der Waals surface area contributed by atoms with E-state index in [-0.39, 0.29) is 12.1 Å². The Morgan fingerprint density at radius 3 is 2.70 bits per heavy atom. The molecule has 1 aromatic rings. The van der Waals surface area contributed by atoms with Gasteiger partial charge in [-0.15, -0.1) is 11.3 Å². The van der Waals surface area contributed by atoms with E-state index in [1.807, 2.05) is 13.0 Å². The molecular formula is C13H22N2O3S2. The van der Waals surface area contributed by atoms with Gasteiger partial charge >= 0.3 is 0 Å². The number of hydrogen-bond donors (Lipinski definition) is 1. The summed E-state index contributed by atoms with van der Waals surface area (Å²) in [4.78, 5) is 3.27. The Morgan fingerprint density at radius 1 is 1.40 bits per heavy atom. The molecule has 0 unspecified atom stereocenters.